The van der Waals surface area contributed by atoms with Crippen molar-refractivity contribution in [3.05, 3.63) is 107 Å². The highest BCUT2D eigenvalue weighted by Crippen LogP contribution is 2.04. The number of hydrogen-bond donors (Lipinski definition) is 2. The summed E-state index contributed by atoms with van der Waals surface area (Å²) in [4.78, 5) is 0. The fourth-order valence-corrected chi connectivity index (χ4v) is 2.68. The molecule has 0 bridgehead atoms. The fraction of sp³-hybridized carbons (Fsp3) is 0.280. The predicted molar refractivity (Wildman–Crippen MR) is 122 cm³/mol. The van der Waals surface area contributed by atoms with Gasteiger partial charge in [0.1, 0.15) is 17.5 Å². The summed E-state index contributed by atoms with van der Waals surface area (Å²) < 4.78 is 37.0. The summed E-state index contributed by atoms with van der Waals surface area (Å²) in [5.41, 5.74) is 3.21. The quantitative estimate of drug-likeness (QED) is 0.461. The molecule has 0 radical (unpaired) electrons. The van der Waals surface area contributed by atoms with Crippen LogP contribution in [0.25, 0.3) is 0 Å². The highest BCUT2D eigenvalue weighted by atomic mass is 35.5. The van der Waals surface area contributed by atoms with Gasteiger partial charge in [0.2, 0.25) is 0 Å². The molecular weight excluding hydrogens is 423 g/mol. The number of benzene rings is 3. The third-order valence-electron chi connectivity index (χ3n) is 4.19. The van der Waals surface area contributed by atoms with Crippen molar-refractivity contribution in [1.82, 2.24) is 5.32 Å². The second-order valence-corrected chi connectivity index (χ2v) is 7.02. The van der Waals surface area contributed by atoms with Gasteiger partial charge in [0, 0.05) is 12.5 Å². The smallest absolute Gasteiger partial charge is 0.123 e. The molecule has 0 saturated heterocycles. The Morgan fingerprint density at radius 2 is 1.00 bits per heavy atom. The van der Waals surface area contributed by atoms with Gasteiger partial charge in [-0.2, -0.15) is 0 Å². The van der Waals surface area contributed by atoms with E-state index in [1.54, 1.807) is 24.3 Å². The standard InChI is InChI=1S/C9H12FN.C8H8ClF.C8H9FO/c1-11-7-6-8-2-4-9(10)5-3-8;9-6-5-7-1-3-8(10)4-2-7;9-8-3-1-7(2-4-8)5-6-10/h2-5,11H,6-7H2,1H3;1-4H,5-6H2;1-4,10H,5-6H2. The van der Waals surface area contributed by atoms with E-state index >= 15 is 0 Å². The van der Waals surface area contributed by atoms with Gasteiger partial charge in [0.05, 0.1) is 0 Å². The molecule has 6 heteroatoms. The molecule has 3 aromatic rings. The van der Waals surface area contributed by atoms with E-state index in [2.05, 4.69) is 5.32 Å². The SMILES string of the molecule is CNCCc1ccc(F)cc1.Fc1ccc(CCCl)cc1.OCCc1ccc(F)cc1. The Labute approximate surface area is 187 Å². The molecule has 0 aliphatic rings. The highest BCUT2D eigenvalue weighted by molar-refractivity contribution is 6.17. The number of nitrogens with one attached hydrogen (secondary N) is 1. The topological polar surface area (TPSA) is 32.3 Å². The Hall–Kier alpha value is -2.34. The van der Waals surface area contributed by atoms with Crippen molar-refractivity contribution in [1.29, 1.82) is 0 Å². The summed E-state index contributed by atoms with van der Waals surface area (Å²) in [5, 5.41) is 11.5. The van der Waals surface area contributed by atoms with E-state index in [9.17, 15) is 13.2 Å². The van der Waals surface area contributed by atoms with Crippen molar-refractivity contribution in [3.8, 4) is 0 Å². The molecule has 2 N–H and O–H groups in total. The second kappa shape index (κ2) is 16.4. The number of likely N-dealkylation sites (N-methyl/N-ethyl adjacent to an activating group) is 1. The summed E-state index contributed by atoms with van der Waals surface area (Å²) in [6, 6.07) is 19.1. The van der Waals surface area contributed by atoms with Crippen molar-refractivity contribution in [2.45, 2.75) is 19.3 Å². The molecule has 168 valence electrons. The molecule has 2 nitrogen and oxygen atoms in total. The van der Waals surface area contributed by atoms with Gasteiger partial charge in [-0.15, -0.1) is 11.6 Å². The maximum Gasteiger partial charge on any atom is 0.123 e. The summed E-state index contributed by atoms with van der Waals surface area (Å²) in [6.07, 6.45) is 2.36. The average Bonchev–Trinajstić information content (AvgIpc) is 2.78. The summed E-state index contributed by atoms with van der Waals surface area (Å²) in [5.74, 6) is -0.00995. The molecular formula is C25H29ClF3NO. The fourth-order valence-electron chi connectivity index (χ4n) is 2.46. The molecule has 3 aromatic carbocycles. The normalized spacial score (nSPS) is 9.87. The zero-order valence-corrected chi connectivity index (χ0v) is 18.4. The van der Waals surface area contributed by atoms with Crippen molar-refractivity contribution in [2.75, 3.05) is 26.1 Å². The van der Waals surface area contributed by atoms with Gasteiger partial charge in [0.25, 0.3) is 0 Å². The van der Waals surface area contributed by atoms with E-state index in [4.69, 9.17) is 16.7 Å². The molecule has 0 unspecified atom stereocenters. The average molecular weight is 452 g/mol. The zero-order chi connectivity index (χ0) is 22.9. The first-order valence-electron chi connectivity index (χ1n) is 10.0. The first-order chi connectivity index (χ1) is 15.0. The molecule has 0 spiro atoms. The number of alkyl halides is 1. The van der Waals surface area contributed by atoms with Crippen LogP contribution in [-0.2, 0) is 19.3 Å². The van der Waals surface area contributed by atoms with Crippen LogP contribution < -0.4 is 5.32 Å². The van der Waals surface area contributed by atoms with Crippen LogP contribution in [0.4, 0.5) is 13.2 Å². The van der Waals surface area contributed by atoms with Crippen molar-refractivity contribution < 1.29 is 18.3 Å². The second-order valence-electron chi connectivity index (χ2n) is 6.65. The number of aliphatic hydroxyl groups is 1. The van der Waals surface area contributed by atoms with Crippen molar-refractivity contribution >= 4 is 11.6 Å². The lowest BCUT2D eigenvalue weighted by Crippen LogP contribution is -2.10. The van der Waals surface area contributed by atoms with Gasteiger partial charge in [-0.25, -0.2) is 13.2 Å². The summed E-state index contributed by atoms with van der Waals surface area (Å²) in [7, 11) is 1.91. The third-order valence-corrected chi connectivity index (χ3v) is 4.38. The number of rotatable bonds is 7. The van der Waals surface area contributed by atoms with Crippen LogP contribution >= 0.6 is 11.6 Å². The molecule has 0 heterocycles. The molecule has 31 heavy (non-hydrogen) atoms. The predicted octanol–water partition coefficient (Wildman–Crippen LogP) is 5.56. The van der Waals surface area contributed by atoms with Gasteiger partial charge in [-0.3, -0.25) is 0 Å². The lowest BCUT2D eigenvalue weighted by molar-refractivity contribution is 0.299. The van der Waals surface area contributed by atoms with E-state index in [0.29, 0.717) is 12.3 Å². The zero-order valence-electron chi connectivity index (χ0n) is 17.6. The molecule has 0 saturated carbocycles. The van der Waals surface area contributed by atoms with Crippen LogP contribution in [0.15, 0.2) is 72.8 Å². The minimum absolute atomic E-state index is 0.117. The monoisotopic (exact) mass is 451 g/mol. The first-order valence-corrected chi connectivity index (χ1v) is 10.6. The van der Waals surface area contributed by atoms with E-state index in [1.807, 2.05) is 19.2 Å². The van der Waals surface area contributed by atoms with Crippen molar-refractivity contribution in [3.63, 3.8) is 0 Å². The molecule has 0 fully saturated rings. The van der Waals surface area contributed by atoms with Crippen LogP contribution in [0.1, 0.15) is 16.7 Å². The van der Waals surface area contributed by atoms with Gasteiger partial charge < -0.3 is 10.4 Å². The third kappa shape index (κ3) is 12.8. The van der Waals surface area contributed by atoms with Gasteiger partial charge >= 0.3 is 0 Å². The Morgan fingerprint density at radius 3 is 1.32 bits per heavy atom. The number of aliphatic hydroxyl groups excluding tert-OH is 1. The maximum absolute atomic E-state index is 12.4. The number of halogens is 4. The van der Waals surface area contributed by atoms with Crippen LogP contribution in [0.3, 0.4) is 0 Å². The molecule has 0 atom stereocenters. The highest BCUT2D eigenvalue weighted by Gasteiger charge is 1.92. The summed E-state index contributed by atoms with van der Waals surface area (Å²) in [6.45, 7) is 1.05. The van der Waals surface area contributed by atoms with Gasteiger partial charge in [-0.1, -0.05) is 36.4 Å². The van der Waals surface area contributed by atoms with Crippen LogP contribution in [0.5, 0.6) is 0 Å². The van der Waals surface area contributed by atoms with Gasteiger partial charge in [0.15, 0.2) is 0 Å². The van der Waals surface area contributed by atoms with Crippen LogP contribution in [0.2, 0.25) is 0 Å². The number of aryl methyl sites for hydroxylation is 1. The summed E-state index contributed by atoms with van der Waals surface area (Å²) >= 11 is 5.48. The minimum Gasteiger partial charge on any atom is -0.396 e. The largest absolute Gasteiger partial charge is 0.396 e. The Balaban J connectivity index is 0.000000233. The van der Waals surface area contributed by atoms with E-state index in [0.717, 1.165) is 30.5 Å². The lowest BCUT2D eigenvalue weighted by atomic mass is 10.1. The maximum atomic E-state index is 12.4. The van der Waals surface area contributed by atoms with E-state index in [1.165, 1.54) is 42.0 Å². The Kier molecular flexibility index (Phi) is 14.1. The van der Waals surface area contributed by atoms with E-state index in [-0.39, 0.29) is 24.1 Å². The van der Waals surface area contributed by atoms with Gasteiger partial charge in [-0.05, 0) is 85.9 Å². The molecule has 0 aromatic heterocycles. The van der Waals surface area contributed by atoms with Crippen LogP contribution in [0, 0.1) is 17.5 Å². The van der Waals surface area contributed by atoms with Crippen molar-refractivity contribution in [2.24, 2.45) is 0 Å². The number of hydrogen-bond acceptors (Lipinski definition) is 2. The molecule has 0 aliphatic heterocycles. The first kappa shape index (κ1) is 26.7. The molecule has 0 amide bonds. The Morgan fingerprint density at radius 1 is 0.645 bits per heavy atom. The Bertz CT molecular complexity index is 777. The molecule has 3 rings (SSSR count). The van der Waals surface area contributed by atoms with E-state index < -0.39 is 0 Å². The van der Waals surface area contributed by atoms with Crippen LogP contribution in [-0.4, -0.2) is 31.2 Å². The molecule has 0 aliphatic carbocycles. The minimum atomic E-state index is -0.235. The lowest BCUT2D eigenvalue weighted by Gasteiger charge is -1.98.